The number of hydrogen-bond acceptors (Lipinski definition) is 5. The van der Waals surface area contributed by atoms with Gasteiger partial charge in [-0.05, 0) is 22.9 Å². The van der Waals surface area contributed by atoms with Crippen molar-refractivity contribution in [2.45, 2.75) is 13.5 Å². The van der Waals surface area contributed by atoms with Crippen molar-refractivity contribution in [2.24, 2.45) is 0 Å². The molecule has 0 aliphatic rings. The van der Waals surface area contributed by atoms with Crippen LogP contribution in [0.3, 0.4) is 0 Å². The van der Waals surface area contributed by atoms with Gasteiger partial charge in [0.05, 0.1) is 11.6 Å². The average Bonchev–Trinajstić information content (AvgIpc) is 2.72. The summed E-state index contributed by atoms with van der Waals surface area (Å²) in [4.78, 5) is 9.66. The molecule has 14 heavy (non-hydrogen) atoms. The molecule has 2 heterocycles. The van der Waals surface area contributed by atoms with Gasteiger partial charge < -0.3 is 5.32 Å². The Morgan fingerprint density at radius 2 is 2.43 bits per heavy atom. The van der Waals surface area contributed by atoms with Crippen LogP contribution in [0.15, 0.2) is 16.2 Å². The minimum Gasteiger partial charge on any atom is -0.357 e. The Balaban J connectivity index is 1.94. The number of aromatic nitrogens is 2. The van der Waals surface area contributed by atoms with E-state index in [0.717, 1.165) is 21.3 Å². The molecule has 0 amide bonds. The number of hydrogen-bond donors (Lipinski definition) is 1. The lowest BCUT2D eigenvalue weighted by Crippen LogP contribution is -1.96. The molecule has 2 aromatic heterocycles. The fourth-order valence-corrected chi connectivity index (χ4v) is 2.86. The molecular weight excluding hydrogens is 282 g/mol. The average molecular weight is 290 g/mol. The molecule has 2 rings (SSSR count). The summed E-state index contributed by atoms with van der Waals surface area (Å²) in [5.74, 6) is 0. The van der Waals surface area contributed by atoms with E-state index in [9.17, 15) is 0 Å². The van der Waals surface area contributed by atoms with Crippen molar-refractivity contribution in [3.63, 3.8) is 0 Å². The Morgan fingerprint density at radius 1 is 1.57 bits per heavy atom. The van der Waals surface area contributed by atoms with Crippen LogP contribution in [0.2, 0.25) is 0 Å². The van der Waals surface area contributed by atoms with Crippen molar-refractivity contribution in [3.05, 3.63) is 26.1 Å². The molecule has 0 saturated carbocycles. The number of halogens is 1. The third-order valence-electron chi connectivity index (χ3n) is 1.56. The zero-order chi connectivity index (χ0) is 9.97. The Bertz CT molecular complexity index is 383. The van der Waals surface area contributed by atoms with E-state index >= 15 is 0 Å². The van der Waals surface area contributed by atoms with Gasteiger partial charge in [-0.25, -0.2) is 9.97 Å². The summed E-state index contributed by atoms with van der Waals surface area (Å²) in [5, 5.41) is 7.23. The van der Waals surface area contributed by atoms with Gasteiger partial charge in [-0.1, -0.05) is 0 Å². The summed E-state index contributed by atoms with van der Waals surface area (Å²) in [6, 6.07) is 0. The molecule has 0 aliphatic carbocycles. The highest BCUT2D eigenvalue weighted by molar-refractivity contribution is 9.10. The third kappa shape index (κ3) is 2.52. The number of nitrogens with one attached hydrogen (secondary N) is 1. The molecule has 0 aliphatic heterocycles. The first kappa shape index (κ1) is 10.1. The maximum absolute atomic E-state index is 4.24. The van der Waals surface area contributed by atoms with Gasteiger partial charge in [-0.2, -0.15) is 0 Å². The maximum atomic E-state index is 4.24. The number of rotatable bonds is 3. The number of aryl methyl sites for hydroxylation is 1. The van der Waals surface area contributed by atoms with E-state index in [-0.39, 0.29) is 0 Å². The van der Waals surface area contributed by atoms with Crippen LogP contribution in [0, 0.1) is 6.92 Å². The van der Waals surface area contributed by atoms with Gasteiger partial charge in [-0.15, -0.1) is 22.7 Å². The summed E-state index contributed by atoms with van der Waals surface area (Å²) in [5.41, 5.74) is 0. The molecular formula is C8H8BrN3S2. The summed E-state index contributed by atoms with van der Waals surface area (Å²) in [7, 11) is 0. The Hall–Kier alpha value is -0.460. The first-order chi connectivity index (χ1) is 6.74. The van der Waals surface area contributed by atoms with E-state index in [2.05, 4.69) is 31.2 Å². The molecule has 6 heteroatoms. The standard InChI is InChI=1S/C8H8BrN3S2/c1-5-10-2-6(14-5)3-11-8-12-7(9)4-13-8/h2,4H,3H2,1H3,(H,11,12). The van der Waals surface area contributed by atoms with E-state index < -0.39 is 0 Å². The lowest BCUT2D eigenvalue weighted by atomic mass is 10.5. The molecule has 0 aromatic carbocycles. The largest absolute Gasteiger partial charge is 0.357 e. The van der Waals surface area contributed by atoms with Crippen LogP contribution in [0.5, 0.6) is 0 Å². The van der Waals surface area contributed by atoms with Crippen LogP contribution in [-0.2, 0) is 6.54 Å². The minimum absolute atomic E-state index is 0.797. The predicted molar refractivity (Wildman–Crippen MR) is 64.0 cm³/mol. The molecule has 1 N–H and O–H groups in total. The zero-order valence-electron chi connectivity index (χ0n) is 7.45. The molecule has 3 nitrogen and oxygen atoms in total. The second kappa shape index (κ2) is 4.37. The van der Waals surface area contributed by atoms with Gasteiger partial charge in [-0.3, -0.25) is 0 Å². The first-order valence-electron chi connectivity index (χ1n) is 4.00. The maximum Gasteiger partial charge on any atom is 0.184 e. The highest BCUT2D eigenvalue weighted by atomic mass is 79.9. The predicted octanol–water partition coefficient (Wildman–Crippen LogP) is 3.28. The van der Waals surface area contributed by atoms with E-state index in [4.69, 9.17) is 0 Å². The summed E-state index contributed by atoms with van der Waals surface area (Å²) in [6.07, 6.45) is 1.90. The minimum atomic E-state index is 0.797. The highest BCUT2D eigenvalue weighted by Gasteiger charge is 2.00. The lowest BCUT2D eigenvalue weighted by Gasteiger charge is -1.97. The van der Waals surface area contributed by atoms with Crippen LogP contribution in [0.4, 0.5) is 5.13 Å². The quantitative estimate of drug-likeness (QED) is 0.942. The van der Waals surface area contributed by atoms with Crippen molar-refractivity contribution in [2.75, 3.05) is 5.32 Å². The van der Waals surface area contributed by atoms with Crippen molar-refractivity contribution in [1.82, 2.24) is 9.97 Å². The smallest absolute Gasteiger partial charge is 0.184 e. The van der Waals surface area contributed by atoms with Crippen LogP contribution < -0.4 is 5.32 Å². The summed E-state index contributed by atoms with van der Waals surface area (Å²) in [6.45, 7) is 2.81. The van der Waals surface area contributed by atoms with Crippen LogP contribution >= 0.6 is 38.6 Å². The van der Waals surface area contributed by atoms with Crippen molar-refractivity contribution in [3.8, 4) is 0 Å². The Morgan fingerprint density at radius 3 is 3.00 bits per heavy atom. The normalized spacial score (nSPS) is 10.4. The SMILES string of the molecule is Cc1ncc(CNc2nc(Br)cs2)s1. The van der Waals surface area contributed by atoms with Crippen LogP contribution in [0.1, 0.15) is 9.88 Å². The van der Waals surface area contributed by atoms with E-state index in [1.807, 2.05) is 18.5 Å². The van der Waals surface area contributed by atoms with Crippen LogP contribution in [-0.4, -0.2) is 9.97 Å². The fourth-order valence-electron chi connectivity index (χ4n) is 0.985. The molecule has 0 bridgehead atoms. The zero-order valence-corrected chi connectivity index (χ0v) is 10.7. The lowest BCUT2D eigenvalue weighted by molar-refractivity contribution is 1.15. The van der Waals surface area contributed by atoms with Gasteiger partial charge in [0.2, 0.25) is 0 Å². The number of thiazole rings is 2. The molecule has 74 valence electrons. The summed E-state index contributed by atoms with van der Waals surface area (Å²) < 4.78 is 0.880. The van der Waals surface area contributed by atoms with E-state index in [1.165, 1.54) is 4.88 Å². The molecule has 0 spiro atoms. The molecule has 0 saturated heterocycles. The third-order valence-corrected chi connectivity index (χ3v) is 3.98. The van der Waals surface area contributed by atoms with E-state index in [0.29, 0.717) is 0 Å². The fraction of sp³-hybridized carbons (Fsp3) is 0.250. The van der Waals surface area contributed by atoms with Gasteiger partial charge >= 0.3 is 0 Å². The van der Waals surface area contributed by atoms with Crippen molar-refractivity contribution in [1.29, 1.82) is 0 Å². The topological polar surface area (TPSA) is 37.8 Å². The Kier molecular flexibility index (Phi) is 3.15. The number of nitrogens with zero attached hydrogens (tertiary/aromatic N) is 2. The monoisotopic (exact) mass is 289 g/mol. The number of anilines is 1. The summed E-state index contributed by atoms with van der Waals surface area (Å²) >= 11 is 6.61. The molecule has 0 radical (unpaired) electrons. The van der Waals surface area contributed by atoms with Gasteiger partial charge in [0.15, 0.2) is 5.13 Å². The first-order valence-corrected chi connectivity index (χ1v) is 6.49. The van der Waals surface area contributed by atoms with Gasteiger partial charge in [0, 0.05) is 16.5 Å². The molecule has 2 aromatic rings. The van der Waals surface area contributed by atoms with Crippen molar-refractivity contribution < 1.29 is 0 Å². The van der Waals surface area contributed by atoms with Gasteiger partial charge in [0.25, 0.3) is 0 Å². The van der Waals surface area contributed by atoms with E-state index in [1.54, 1.807) is 22.7 Å². The highest BCUT2D eigenvalue weighted by Crippen LogP contribution is 2.21. The van der Waals surface area contributed by atoms with Crippen LogP contribution in [0.25, 0.3) is 0 Å². The molecule has 0 fully saturated rings. The second-order valence-electron chi connectivity index (χ2n) is 2.67. The second-order valence-corrected chi connectivity index (χ2v) is 5.66. The Labute approximate surface area is 98.4 Å². The molecule has 0 unspecified atom stereocenters. The molecule has 0 atom stereocenters. The van der Waals surface area contributed by atoms with Gasteiger partial charge in [0.1, 0.15) is 4.60 Å². The van der Waals surface area contributed by atoms with Crippen molar-refractivity contribution >= 4 is 43.7 Å².